The van der Waals surface area contributed by atoms with Crippen molar-refractivity contribution < 1.29 is 19.7 Å². The second-order valence-electron chi connectivity index (χ2n) is 10.6. The van der Waals surface area contributed by atoms with Gasteiger partial charge < -0.3 is 14.9 Å². The first kappa shape index (κ1) is 27.6. The van der Waals surface area contributed by atoms with Crippen molar-refractivity contribution in [3.8, 4) is 6.07 Å². The van der Waals surface area contributed by atoms with Gasteiger partial charge >= 0.3 is 5.97 Å². The number of hydrogen-bond donors (Lipinski definition) is 2. The van der Waals surface area contributed by atoms with Gasteiger partial charge in [-0.05, 0) is 67.5 Å². The number of nitriles is 1. The SMILES string of the molecule is N#Cc1ccc(N2N=C3c4ccc(C(=O)OCCN(CCO)CCO)cc4CC[C@@H]3[C@@H]2C2CCCC2)cc1Cl. The van der Waals surface area contributed by atoms with Gasteiger partial charge in [0.1, 0.15) is 12.7 Å². The minimum absolute atomic E-state index is 0.0130. The third-order valence-electron chi connectivity index (χ3n) is 8.30. The zero-order valence-electron chi connectivity index (χ0n) is 22.1. The van der Waals surface area contributed by atoms with Crippen LogP contribution in [-0.4, -0.2) is 72.3 Å². The smallest absolute Gasteiger partial charge is 0.338 e. The largest absolute Gasteiger partial charge is 0.461 e. The summed E-state index contributed by atoms with van der Waals surface area (Å²) in [6.07, 6.45) is 6.69. The summed E-state index contributed by atoms with van der Waals surface area (Å²) in [6, 6.07) is 13.7. The zero-order chi connectivity index (χ0) is 27.4. The number of fused-ring (bicyclic) bond motifs is 3. The van der Waals surface area contributed by atoms with E-state index in [-0.39, 0.29) is 31.8 Å². The normalized spacial score (nSPS) is 20.5. The summed E-state index contributed by atoms with van der Waals surface area (Å²) in [5.74, 6) is 0.480. The van der Waals surface area contributed by atoms with E-state index >= 15 is 0 Å². The monoisotopic (exact) mass is 550 g/mol. The van der Waals surface area contributed by atoms with Crippen molar-refractivity contribution >= 4 is 29.0 Å². The summed E-state index contributed by atoms with van der Waals surface area (Å²) in [6.45, 7) is 1.47. The lowest BCUT2D eigenvalue weighted by molar-refractivity contribution is 0.0443. The third kappa shape index (κ3) is 5.82. The molecule has 2 aromatic rings. The van der Waals surface area contributed by atoms with E-state index in [0.717, 1.165) is 35.4 Å². The van der Waals surface area contributed by atoms with Gasteiger partial charge in [-0.25, -0.2) is 4.79 Å². The predicted octanol–water partition coefficient (Wildman–Crippen LogP) is 4.00. The van der Waals surface area contributed by atoms with Crippen LogP contribution in [0.5, 0.6) is 0 Å². The third-order valence-corrected chi connectivity index (χ3v) is 8.61. The van der Waals surface area contributed by atoms with E-state index in [4.69, 9.17) is 31.7 Å². The fourth-order valence-electron chi connectivity index (χ4n) is 6.40. The molecule has 2 N–H and O–H groups in total. The van der Waals surface area contributed by atoms with Crippen LogP contribution in [0.1, 0.15) is 59.2 Å². The maximum Gasteiger partial charge on any atom is 0.338 e. The second kappa shape index (κ2) is 12.5. The van der Waals surface area contributed by atoms with E-state index in [2.05, 4.69) is 11.1 Å². The van der Waals surface area contributed by atoms with Gasteiger partial charge in [-0.1, -0.05) is 30.5 Å². The molecule has 0 amide bonds. The molecular formula is C30H35ClN4O4. The van der Waals surface area contributed by atoms with Crippen molar-refractivity contribution in [3.63, 3.8) is 0 Å². The van der Waals surface area contributed by atoms with Crippen LogP contribution >= 0.6 is 11.6 Å². The number of aliphatic hydroxyl groups excluding tert-OH is 2. The van der Waals surface area contributed by atoms with Gasteiger partial charge in [-0.2, -0.15) is 10.4 Å². The molecule has 0 aromatic heterocycles. The number of halogens is 1. The number of hydrogen-bond acceptors (Lipinski definition) is 8. The van der Waals surface area contributed by atoms with Crippen LogP contribution in [0.25, 0.3) is 0 Å². The number of ether oxygens (including phenoxy) is 1. The number of carbonyl (C=O) groups is 1. The minimum Gasteiger partial charge on any atom is -0.461 e. The van der Waals surface area contributed by atoms with E-state index in [1.54, 1.807) is 6.07 Å². The molecular weight excluding hydrogens is 516 g/mol. The van der Waals surface area contributed by atoms with E-state index in [1.165, 1.54) is 25.7 Å². The average Bonchev–Trinajstić information content (AvgIpc) is 3.61. The highest BCUT2D eigenvalue weighted by atomic mass is 35.5. The Balaban J connectivity index is 1.36. The van der Waals surface area contributed by atoms with Crippen LogP contribution in [0.2, 0.25) is 5.02 Å². The minimum atomic E-state index is -0.376. The van der Waals surface area contributed by atoms with Gasteiger partial charge in [-0.15, -0.1) is 0 Å². The topological polar surface area (TPSA) is 109 Å². The maximum atomic E-state index is 12.8. The Kier molecular flexibility index (Phi) is 8.83. The second-order valence-corrected chi connectivity index (χ2v) is 11.0. The molecule has 2 aliphatic carbocycles. The van der Waals surface area contributed by atoms with Crippen LogP contribution in [0.15, 0.2) is 41.5 Å². The van der Waals surface area contributed by atoms with Crippen molar-refractivity contribution in [3.05, 3.63) is 63.7 Å². The molecule has 0 spiro atoms. The summed E-state index contributed by atoms with van der Waals surface area (Å²) in [7, 11) is 0. The molecule has 1 saturated carbocycles. The van der Waals surface area contributed by atoms with E-state index in [0.29, 0.717) is 47.6 Å². The number of aryl methyl sites for hydroxylation is 1. The number of hydrazone groups is 1. The van der Waals surface area contributed by atoms with Gasteiger partial charge in [0.2, 0.25) is 0 Å². The van der Waals surface area contributed by atoms with Gasteiger partial charge in [0.25, 0.3) is 0 Å². The zero-order valence-corrected chi connectivity index (χ0v) is 22.8. The lowest BCUT2D eigenvalue weighted by Crippen LogP contribution is -2.40. The molecule has 0 bridgehead atoms. The van der Waals surface area contributed by atoms with Gasteiger partial charge in [0.15, 0.2) is 0 Å². The van der Waals surface area contributed by atoms with Crippen LogP contribution in [0, 0.1) is 23.2 Å². The maximum absolute atomic E-state index is 12.8. The molecule has 2 atom stereocenters. The number of nitrogens with zero attached hydrogens (tertiary/aromatic N) is 4. The first-order valence-electron chi connectivity index (χ1n) is 13.9. The molecule has 206 valence electrons. The molecule has 8 nitrogen and oxygen atoms in total. The Morgan fingerprint density at radius 3 is 2.56 bits per heavy atom. The number of esters is 1. The van der Waals surface area contributed by atoms with Crippen molar-refractivity contribution in [1.29, 1.82) is 5.26 Å². The standard InChI is InChI=1S/C30H35ClN4O4/c31-27-18-24(8-5-23(27)19-32)35-29(20-3-1-2-4-20)26-10-6-21-17-22(7-9-25(21)28(26)33-35)30(38)39-16-13-34(11-14-36)12-15-37/h5,7-9,17-18,20,26,29,36-37H,1-4,6,10-16H2/t26-,29-/m0/s1. The first-order chi connectivity index (χ1) is 19.0. The summed E-state index contributed by atoms with van der Waals surface area (Å²) in [5.41, 5.74) is 5.15. The summed E-state index contributed by atoms with van der Waals surface area (Å²) in [4.78, 5) is 14.6. The molecule has 0 unspecified atom stereocenters. The highest BCUT2D eigenvalue weighted by molar-refractivity contribution is 6.32. The summed E-state index contributed by atoms with van der Waals surface area (Å²) >= 11 is 6.41. The Morgan fingerprint density at radius 1 is 1.10 bits per heavy atom. The average molecular weight is 551 g/mol. The molecule has 0 radical (unpaired) electrons. The molecule has 5 rings (SSSR count). The first-order valence-corrected chi connectivity index (χ1v) is 14.2. The number of rotatable bonds is 10. The Labute approximate surface area is 234 Å². The quantitative estimate of drug-likeness (QED) is 0.430. The highest BCUT2D eigenvalue weighted by Crippen LogP contribution is 2.45. The molecule has 39 heavy (non-hydrogen) atoms. The Hall–Kier alpha value is -2.96. The fourth-order valence-corrected chi connectivity index (χ4v) is 6.62. The van der Waals surface area contributed by atoms with Crippen LogP contribution in [0.4, 0.5) is 5.69 Å². The van der Waals surface area contributed by atoms with Crippen molar-refractivity contribution in [2.45, 2.75) is 44.6 Å². The van der Waals surface area contributed by atoms with Gasteiger partial charge in [-0.3, -0.25) is 9.91 Å². The molecule has 2 aromatic carbocycles. The highest BCUT2D eigenvalue weighted by Gasteiger charge is 2.45. The molecule has 9 heteroatoms. The lowest BCUT2D eigenvalue weighted by Gasteiger charge is -2.34. The number of anilines is 1. The number of aliphatic hydroxyl groups is 2. The van der Waals surface area contributed by atoms with E-state index in [9.17, 15) is 10.1 Å². The van der Waals surface area contributed by atoms with Gasteiger partial charge in [0.05, 0.1) is 46.8 Å². The van der Waals surface area contributed by atoms with Crippen molar-refractivity contribution in [2.24, 2.45) is 16.9 Å². The number of benzene rings is 2. The molecule has 0 saturated heterocycles. The van der Waals surface area contributed by atoms with Crippen LogP contribution in [-0.2, 0) is 11.2 Å². The van der Waals surface area contributed by atoms with Gasteiger partial charge in [0, 0.05) is 31.1 Å². The van der Waals surface area contributed by atoms with Crippen molar-refractivity contribution in [2.75, 3.05) is 44.5 Å². The Bertz CT molecular complexity index is 1260. The summed E-state index contributed by atoms with van der Waals surface area (Å²) < 4.78 is 5.50. The summed E-state index contributed by atoms with van der Waals surface area (Å²) in [5, 5.41) is 35.4. The molecule has 1 heterocycles. The fraction of sp³-hybridized carbons (Fsp3) is 0.500. The van der Waals surface area contributed by atoms with Crippen molar-refractivity contribution in [1.82, 2.24) is 4.90 Å². The number of carbonyl (C=O) groups excluding carboxylic acids is 1. The lowest BCUT2D eigenvalue weighted by atomic mass is 9.75. The Morgan fingerprint density at radius 2 is 1.87 bits per heavy atom. The van der Waals surface area contributed by atoms with Crippen LogP contribution < -0.4 is 5.01 Å². The molecule has 1 aliphatic heterocycles. The van der Waals surface area contributed by atoms with E-state index in [1.807, 2.05) is 35.2 Å². The van der Waals surface area contributed by atoms with E-state index < -0.39 is 0 Å². The predicted molar refractivity (Wildman–Crippen MR) is 150 cm³/mol. The molecule has 1 fully saturated rings. The molecule has 3 aliphatic rings. The van der Waals surface area contributed by atoms with Crippen LogP contribution in [0.3, 0.4) is 0 Å².